The van der Waals surface area contributed by atoms with Crippen LogP contribution < -0.4 is 10.6 Å². The summed E-state index contributed by atoms with van der Waals surface area (Å²) in [4.78, 5) is 14.5. The molecule has 1 heterocycles. The van der Waals surface area contributed by atoms with Crippen LogP contribution in [0.1, 0.15) is 26.7 Å². The summed E-state index contributed by atoms with van der Waals surface area (Å²) in [5, 5.41) is 6.43. The topological polar surface area (TPSA) is 53.6 Å². The molecule has 0 aliphatic carbocycles. The number of nitrogens with one attached hydrogen (secondary N) is 2. The molecule has 5 nitrogen and oxygen atoms in total. The van der Waals surface area contributed by atoms with Crippen molar-refractivity contribution in [3.8, 4) is 0 Å². The fourth-order valence-corrected chi connectivity index (χ4v) is 2.88. The van der Waals surface area contributed by atoms with Crippen molar-refractivity contribution in [1.29, 1.82) is 0 Å². The average Bonchev–Trinajstić information content (AvgIpc) is 3.07. The molecule has 1 fully saturated rings. The molecule has 1 aliphatic heterocycles. The van der Waals surface area contributed by atoms with E-state index in [1.54, 1.807) is 24.3 Å². The molecule has 134 valence electrons. The quantitative estimate of drug-likeness (QED) is 0.750. The zero-order valence-corrected chi connectivity index (χ0v) is 15.3. The summed E-state index contributed by atoms with van der Waals surface area (Å²) < 4.78 is 5.81. The summed E-state index contributed by atoms with van der Waals surface area (Å²) >= 11 is 5.85. The van der Waals surface area contributed by atoms with Gasteiger partial charge in [0.25, 0.3) is 0 Å². The number of likely N-dealkylation sites (tertiary alicyclic amines) is 1. The molecule has 2 rings (SSSR count). The molecule has 6 heteroatoms. The monoisotopic (exact) mass is 353 g/mol. The van der Waals surface area contributed by atoms with E-state index in [1.807, 2.05) is 0 Å². The maximum absolute atomic E-state index is 12.1. The molecule has 1 unspecified atom stereocenters. The van der Waals surface area contributed by atoms with Crippen molar-refractivity contribution >= 4 is 23.3 Å². The van der Waals surface area contributed by atoms with Crippen LogP contribution in [-0.4, -0.2) is 49.8 Å². The zero-order chi connectivity index (χ0) is 17.4. The number of benzene rings is 1. The number of nitrogens with zero attached hydrogens (tertiary/aromatic N) is 1. The van der Waals surface area contributed by atoms with Gasteiger partial charge in [-0.2, -0.15) is 0 Å². The lowest BCUT2D eigenvalue weighted by Gasteiger charge is -2.28. The van der Waals surface area contributed by atoms with Crippen molar-refractivity contribution in [3.63, 3.8) is 0 Å². The summed E-state index contributed by atoms with van der Waals surface area (Å²) in [6, 6.07) is 7.10. The Balaban J connectivity index is 1.79. The molecule has 0 radical (unpaired) electrons. The molecule has 1 aliphatic rings. The van der Waals surface area contributed by atoms with Gasteiger partial charge in [0.1, 0.15) is 0 Å². The number of urea groups is 1. The van der Waals surface area contributed by atoms with Crippen molar-refractivity contribution < 1.29 is 9.53 Å². The van der Waals surface area contributed by atoms with Crippen molar-refractivity contribution in [2.24, 2.45) is 5.92 Å². The molecule has 2 N–H and O–H groups in total. The number of halogens is 1. The van der Waals surface area contributed by atoms with Gasteiger partial charge in [0.2, 0.25) is 0 Å². The highest BCUT2D eigenvalue weighted by Gasteiger charge is 2.22. The second kappa shape index (κ2) is 9.87. The van der Waals surface area contributed by atoms with E-state index in [0.29, 0.717) is 24.1 Å². The average molecular weight is 354 g/mol. The Morgan fingerprint density at radius 3 is 2.50 bits per heavy atom. The summed E-state index contributed by atoms with van der Waals surface area (Å²) in [7, 11) is 0. The van der Waals surface area contributed by atoms with Gasteiger partial charge < -0.3 is 15.4 Å². The first-order chi connectivity index (χ1) is 11.5. The van der Waals surface area contributed by atoms with Crippen LogP contribution in [0.15, 0.2) is 24.3 Å². The molecular formula is C18H28ClN3O2. The molecule has 24 heavy (non-hydrogen) atoms. The number of rotatable bonds is 8. The smallest absolute Gasteiger partial charge is 0.319 e. The SMILES string of the molecule is CC(C)COCC(CNC(=O)Nc1ccc(Cl)cc1)N1CCCC1. The van der Waals surface area contributed by atoms with E-state index in [0.717, 1.165) is 25.4 Å². The third-order valence-electron chi connectivity index (χ3n) is 4.02. The first kappa shape index (κ1) is 19.0. The minimum absolute atomic E-state index is 0.203. The normalized spacial score (nSPS) is 16.3. The Morgan fingerprint density at radius 1 is 1.21 bits per heavy atom. The fourth-order valence-electron chi connectivity index (χ4n) is 2.76. The van der Waals surface area contributed by atoms with Gasteiger partial charge in [0.15, 0.2) is 0 Å². The Morgan fingerprint density at radius 2 is 1.88 bits per heavy atom. The van der Waals surface area contributed by atoms with Gasteiger partial charge in [-0.3, -0.25) is 4.90 Å². The van der Waals surface area contributed by atoms with Crippen molar-refractivity contribution in [2.45, 2.75) is 32.7 Å². The molecule has 1 saturated heterocycles. The van der Waals surface area contributed by atoms with Crippen LogP contribution in [-0.2, 0) is 4.74 Å². The number of carbonyl (C=O) groups excluding carboxylic acids is 1. The summed E-state index contributed by atoms with van der Waals surface area (Å²) in [6.07, 6.45) is 2.44. The largest absolute Gasteiger partial charge is 0.379 e. The van der Waals surface area contributed by atoms with Crippen molar-refractivity contribution in [3.05, 3.63) is 29.3 Å². The molecule has 1 aromatic carbocycles. The highest BCUT2D eigenvalue weighted by atomic mass is 35.5. The van der Waals surface area contributed by atoms with Crippen LogP contribution in [0.2, 0.25) is 5.02 Å². The van der Waals surface area contributed by atoms with Gasteiger partial charge in [0.05, 0.1) is 12.6 Å². The summed E-state index contributed by atoms with van der Waals surface area (Å²) in [6.45, 7) is 8.43. The maximum Gasteiger partial charge on any atom is 0.319 e. The Labute approximate surface area is 149 Å². The minimum Gasteiger partial charge on any atom is -0.379 e. The van der Waals surface area contributed by atoms with Crippen LogP contribution in [0.25, 0.3) is 0 Å². The molecule has 0 saturated carbocycles. The standard InChI is InChI=1S/C18H28ClN3O2/c1-14(2)12-24-13-17(22-9-3-4-10-22)11-20-18(23)21-16-7-5-15(19)6-8-16/h5-8,14,17H,3-4,9-13H2,1-2H3,(H2,20,21,23). The number of carbonyl (C=O) groups is 1. The molecular weight excluding hydrogens is 326 g/mol. The van der Waals surface area contributed by atoms with Crippen LogP contribution in [0, 0.1) is 5.92 Å². The predicted molar refractivity (Wildman–Crippen MR) is 98.7 cm³/mol. The van der Waals surface area contributed by atoms with E-state index < -0.39 is 0 Å². The third kappa shape index (κ3) is 6.67. The zero-order valence-electron chi connectivity index (χ0n) is 14.6. The molecule has 0 spiro atoms. The lowest BCUT2D eigenvalue weighted by Crippen LogP contribution is -2.46. The maximum atomic E-state index is 12.1. The second-order valence-electron chi connectivity index (χ2n) is 6.67. The Kier molecular flexibility index (Phi) is 7.82. The van der Waals surface area contributed by atoms with Crippen LogP contribution in [0.4, 0.5) is 10.5 Å². The number of hydrogen-bond donors (Lipinski definition) is 2. The van der Waals surface area contributed by atoms with E-state index in [1.165, 1.54) is 12.8 Å². The van der Waals surface area contributed by atoms with E-state index in [2.05, 4.69) is 29.4 Å². The third-order valence-corrected chi connectivity index (χ3v) is 4.27. The lowest BCUT2D eigenvalue weighted by molar-refractivity contribution is 0.0555. The Hall–Kier alpha value is -1.30. The molecule has 1 aromatic rings. The number of hydrogen-bond acceptors (Lipinski definition) is 3. The highest BCUT2D eigenvalue weighted by molar-refractivity contribution is 6.30. The van der Waals surface area contributed by atoms with Gasteiger partial charge in [-0.1, -0.05) is 25.4 Å². The van der Waals surface area contributed by atoms with Crippen LogP contribution in [0.3, 0.4) is 0 Å². The van der Waals surface area contributed by atoms with Gasteiger partial charge in [-0.25, -0.2) is 4.79 Å². The van der Waals surface area contributed by atoms with Gasteiger partial charge in [-0.15, -0.1) is 0 Å². The molecule has 1 atom stereocenters. The van der Waals surface area contributed by atoms with Gasteiger partial charge >= 0.3 is 6.03 Å². The van der Waals surface area contributed by atoms with Crippen molar-refractivity contribution in [1.82, 2.24) is 10.2 Å². The Bertz CT molecular complexity index is 501. The highest BCUT2D eigenvalue weighted by Crippen LogP contribution is 2.14. The number of amides is 2. The molecule has 0 bridgehead atoms. The second-order valence-corrected chi connectivity index (χ2v) is 7.11. The predicted octanol–water partition coefficient (Wildman–Crippen LogP) is 3.60. The fraction of sp³-hybridized carbons (Fsp3) is 0.611. The lowest BCUT2D eigenvalue weighted by atomic mass is 10.2. The molecule has 2 amide bonds. The first-order valence-corrected chi connectivity index (χ1v) is 9.04. The minimum atomic E-state index is -0.203. The first-order valence-electron chi connectivity index (χ1n) is 8.67. The van der Waals surface area contributed by atoms with Gasteiger partial charge in [0, 0.05) is 23.9 Å². The van der Waals surface area contributed by atoms with Crippen LogP contribution >= 0.6 is 11.6 Å². The van der Waals surface area contributed by atoms with E-state index in [4.69, 9.17) is 16.3 Å². The summed E-state index contributed by atoms with van der Waals surface area (Å²) in [5.41, 5.74) is 0.727. The molecule has 0 aromatic heterocycles. The number of ether oxygens (including phenoxy) is 1. The van der Waals surface area contributed by atoms with E-state index in [-0.39, 0.29) is 12.1 Å². The van der Waals surface area contributed by atoms with E-state index in [9.17, 15) is 4.79 Å². The summed E-state index contributed by atoms with van der Waals surface area (Å²) in [5.74, 6) is 0.519. The number of anilines is 1. The van der Waals surface area contributed by atoms with Crippen molar-refractivity contribution in [2.75, 3.05) is 38.2 Å². The van der Waals surface area contributed by atoms with Crippen LogP contribution in [0.5, 0.6) is 0 Å². The van der Waals surface area contributed by atoms with Gasteiger partial charge in [-0.05, 0) is 56.1 Å². The van der Waals surface area contributed by atoms with E-state index >= 15 is 0 Å².